The molecule has 35 heavy (non-hydrogen) atoms. The Morgan fingerprint density at radius 3 is 2.51 bits per heavy atom. The molecule has 0 aromatic heterocycles. The van der Waals surface area contributed by atoms with E-state index in [1.165, 1.54) is 7.11 Å². The van der Waals surface area contributed by atoms with E-state index in [0.29, 0.717) is 13.2 Å². The molecule has 0 aliphatic carbocycles. The van der Waals surface area contributed by atoms with Crippen LogP contribution in [0.1, 0.15) is 6.42 Å². The quantitative estimate of drug-likeness (QED) is 0.0484. The number of carbonyl (C=O) groups is 3. The van der Waals surface area contributed by atoms with E-state index in [1.54, 1.807) is 19.7 Å². The zero-order chi connectivity index (χ0) is 26.6. The van der Waals surface area contributed by atoms with Gasteiger partial charge in [-0.1, -0.05) is 0 Å². The van der Waals surface area contributed by atoms with E-state index < -0.39 is 87.1 Å². The van der Waals surface area contributed by atoms with Gasteiger partial charge in [0.1, 0.15) is 0 Å². The fourth-order valence-corrected chi connectivity index (χ4v) is 6.48. The summed E-state index contributed by atoms with van der Waals surface area (Å²) in [6, 6.07) is -1.47. The van der Waals surface area contributed by atoms with Crippen LogP contribution in [0.15, 0.2) is 0 Å². The summed E-state index contributed by atoms with van der Waals surface area (Å²) in [4.78, 5) is 35.8. The molecular weight excluding hydrogens is 651 g/mol. The van der Waals surface area contributed by atoms with Gasteiger partial charge in [-0.3, -0.25) is 0 Å². The van der Waals surface area contributed by atoms with Gasteiger partial charge in [0.2, 0.25) is 0 Å². The van der Waals surface area contributed by atoms with Gasteiger partial charge in [-0.15, -0.1) is 0 Å². The summed E-state index contributed by atoms with van der Waals surface area (Å²) in [5, 5.41) is 56.2. The first-order valence-corrected chi connectivity index (χ1v) is 20.1. The first-order valence-electron chi connectivity index (χ1n) is 10.4. The Morgan fingerprint density at radius 1 is 1.29 bits per heavy atom. The maximum absolute atomic E-state index is 12.3. The van der Waals surface area contributed by atoms with Gasteiger partial charge in [0, 0.05) is 7.11 Å². The third-order valence-electron chi connectivity index (χ3n) is 4.72. The minimum absolute atomic E-state index is 0.0889. The number of amides is 2. The predicted octanol–water partition coefficient (Wildman–Crippen LogP) is -5.43. The molecule has 16 nitrogen and oxygen atoms in total. The van der Waals surface area contributed by atoms with Crippen LogP contribution in [0.25, 0.3) is 0 Å². The molecule has 8 N–H and O–H groups in total. The molecule has 18 heteroatoms. The fourth-order valence-electron chi connectivity index (χ4n) is 3.07. The van der Waals surface area contributed by atoms with Gasteiger partial charge in [-0.05, 0) is 0 Å². The first kappa shape index (κ1) is 32.2. The average Bonchev–Trinajstić information content (AvgIpc) is 2.79. The molecule has 1 heterocycles. The molecule has 6 atom stereocenters. The monoisotopic (exact) mass is 680 g/mol. The van der Waals surface area contributed by atoms with Gasteiger partial charge < -0.3 is 9.47 Å². The zero-order valence-electron chi connectivity index (χ0n) is 18.8. The SMILES string of the molecule is COCCOCCOC(=O)NCC(=O)NC1C(O)CC([O][Ga]([NH2])[I])(C(=O)[O-])OC1[C@H](O)[C@H](O)CO. The zero-order valence-corrected chi connectivity index (χ0v) is 23.4. The second-order valence-electron chi connectivity index (χ2n) is 7.29. The van der Waals surface area contributed by atoms with Crippen LogP contribution >= 0.6 is 19.7 Å². The number of hydrogen-bond donors (Lipinski definition) is 7. The summed E-state index contributed by atoms with van der Waals surface area (Å²) in [5.74, 6) is -5.30. The third-order valence-corrected chi connectivity index (χ3v) is 7.31. The molecule has 0 radical (unpaired) electrons. The number of halogens is 1. The Hall–Kier alpha value is -0.784. The van der Waals surface area contributed by atoms with Crippen LogP contribution < -0.4 is 20.2 Å². The van der Waals surface area contributed by atoms with Crippen molar-refractivity contribution >= 4 is 50.9 Å². The molecule has 0 aromatic carbocycles. The summed E-state index contributed by atoms with van der Waals surface area (Å²) in [6.07, 6.45) is -8.88. The Labute approximate surface area is 217 Å². The molecule has 0 spiro atoms. The second-order valence-corrected chi connectivity index (χ2v) is 15.6. The number of carbonyl (C=O) groups excluding carboxylic acids is 3. The van der Waals surface area contributed by atoms with Gasteiger partial charge in [0.25, 0.3) is 0 Å². The number of hydrogen-bond acceptors (Lipinski definition) is 14. The van der Waals surface area contributed by atoms with Crippen molar-refractivity contribution in [3.05, 3.63) is 0 Å². The van der Waals surface area contributed by atoms with Crippen molar-refractivity contribution in [3.8, 4) is 0 Å². The van der Waals surface area contributed by atoms with Gasteiger partial charge >= 0.3 is 181 Å². The molecule has 1 rings (SSSR count). The normalized spacial score (nSPS) is 25.9. The third kappa shape index (κ3) is 10.6. The number of nitrogens with two attached hydrogens (primary N) is 1. The van der Waals surface area contributed by atoms with Crippen LogP contribution in [0, 0.1) is 0 Å². The molecule has 0 saturated carbocycles. The van der Waals surface area contributed by atoms with Crippen molar-refractivity contribution < 1.29 is 62.4 Å². The molecule has 0 bridgehead atoms. The molecule has 4 unspecified atom stereocenters. The van der Waals surface area contributed by atoms with Crippen LogP contribution in [0.4, 0.5) is 4.79 Å². The summed E-state index contributed by atoms with van der Waals surface area (Å²) in [6.45, 7) is -0.859. The van der Waals surface area contributed by atoms with E-state index in [4.69, 9.17) is 32.0 Å². The van der Waals surface area contributed by atoms with Gasteiger partial charge in [0.15, 0.2) is 0 Å². The average molecular weight is 681 g/mol. The number of carboxylic acid groups (broad SMARTS) is 1. The van der Waals surface area contributed by atoms with E-state index in [9.17, 15) is 34.8 Å². The fraction of sp³-hybridized carbons (Fsp3) is 0.824. The number of aliphatic carboxylic acids is 1. The predicted molar refractivity (Wildman–Crippen MR) is 121 cm³/mol. The van der Waals surface area contributed by atoms with E-state index in [-0.39, 0.29) is 13.2 Å². The number of carboxylic acids is 1. The first-order chi connectivity index (χ1) is 16.5. The Kier molecular flexibility index (Phi) is 14.9. The molecule has 1 aliphatic heterocycles. The van der Waals surface area contributed by atoms with Gasteiger partial charge in [-0.2, -0.15) is 0 Å². The molecule has 2 amide bonds. The van der Waals surface area contributed by atoms with E-state index in [0.717, 1.165) is 0 Å². The molecule has 1 fully saturated rings. The Morgan fingerprint density at radius 2 is 1.94 bits per heavy atom. The van der Waals surface area contributed by atoms with E-state index >= 15 is 0 Å². The number of aliphatic hydroxyl groups is 4. The number of alkyl carbamates (subject to hydrolysis) is 1. The minimum atomic E-state index is -3.10. The number of nitrogens with one attached hydrogen (secondary N) is 2. The molecule has 0 aromatic rings. The number of rotatable bonds is 15. The molecule has 1 saturated heterocycles. The molecule has 202 valence electrons. The number of methoxy groups -OCH3 is 1. The summed E-state index contributed by atoms with van der Waals surface area (Å²) >= 11 is -1.40. The summed E-state index contributed by atoms with van der Waals surface area (Å²) in [5.41, 5.74) is 0. The van der Waals surface area contributed by atoms with Crippen LogP contribution in [0.2, 0.25) is 0 Å². The van der Waals surface area contributed by atoms with E-state index in [2.05, 4.69) is 10.6 Å². The summed E-state index contributed by atoms with van der Waals surface area (Å²) in [7, 11) is 1.50. The topological polar surface area (TPSA) is 251 Å². The van der Waals surface area contributed by atoms with Crippen LogP contribution in [0.3, 0.4) is 0 Å². The van der Waals surface area contributed by atoms with E-state index in [1.807, 2.05) is 0 Å². The number of ether oxygens (including phenoxy) is 4. The Bertz CT molecular complexity index is 694. The van der Waals surface area contributed by atoms with Gasteiger partial charge in [-0.25, -0.2) is 0 Å². The van der Waals surface area contributed by atoms with Crippen LogP contribution in [-0.2, 0) is 32.1 Å². The Balaban J connectivity index is 2.79. The molecule has 1 aliphatic rings. The van der Waals surface area contributed by atoms with Crippen LogP contribution in [-0.4, -0.2) is 135 Å². The van der Waals surface area contributed by atoms with Gasteiger partial charge in [0.05, 0.1) is 19.8 Å². The van der Waals surface area contributed by atoms with Crippen molar-refractivity contribution in [1.29, 1.82) is 0 Å². The van der Waals surface area contributed by atoms with Crippen molar-refractivity contribution in [1.82, 2.24) is 10.6 Å². The van der Waals surface area contributed by atoms with Crippen LogP contribution in [0.5, 0.6) is 0 Å². The van der Waals surface area contributed by atoms with Crippen molar-refractivity contribution in [3.63, 3.8) is 0 Å². The van der Waals surface area contributed by atoms with Crippen molar-refractivity contribution in [2.24, 2.45) is 4.44 Å². The molecular formula is C17H30GaIN3O13-. The second kappa shape index (κ2) is 16.1. The van der Waals surface area contributed by atoms with Crippen molar-refractivity contribution in [2.75, 3.05) is 46.7 Å². The standard InChI is InChI=1S/C17H29N2O13.Ga.HI.H2N/c1-29-2-3-30-4-5-31-16(27)18-7-11(23)19-12-9(21)6-17(28,15(25)26)32-14(12)13(24)10(22)8-20;;;/h9-10,12-14,20-22,24H,2-8H2,1H3,(H,18,27)(H,19,23)(H,25,26);;1H;1H2/q-1;+3;;-1/p-2/t9?,10-,12?,13-,14?,17?;;;/m1.../s1. The maximum atomic E-state index is 12.3. The summed E-state index contributed by atoms with van der Waals surface area (Å²) < 4.78 is 31.0. The number of aliphatic hydroxyl groups excluding tert-OH is 4. The van der Waals surface area contributed by atoms with Crippen molar-refractivity contribution in [2.45, 2.75) is 42.7 Å².